The molecule has 0 radical (unpaired) electrons. The van der Waals surface area contributed by atoms with Crippen LogP contribution < -0.4 is 21.7 Å². The highest BCUT2D eigenvalue weighted by atomic mass is 16.4. The maximum Gasteiger partial charge on any atom is 0.322 e. The van der Waals surface area contributed by atoms with Crippen LogP contribution in [0.15, 0.2) is 30.3 Å². The summed E-state index contributed by atoms with van der Waals surface area (Å²) in [6, 6.07) is 5.71. The Labute approximate surface area is 185 Å². The first-order chi connectivity index (χ1) is 15.0. The van der Waals surface area contributed by atoms with Crippen LogP contribution in [0.4, 0.5) is 0 Å². The quantitative estimate of drug-likeness (QED) is 0.226. The normalized spacial score (nSPS) is 13.5. The SMILES string of the molecule is CC(C)C(NC(=O)C(CCC(=O)O)NC(=O)C(N)Cc1ccccc1)C(=O)NCC(=O)O. The number of carbonyl (C=O) groups is 5. The van der Waals surface area contributed by atoms with Gasteiger partial charge in [-0.1, -0.05) is 44.2 Å². The molecule has 11 heteroatoms. The number of carbonyl (C=O) groups excluding carboxylic acids is 3. The molecular weight excluding hydrogens is 420 g/mol. The highest BCUT2D eigenvalue weighted by molar-refractivity contribution is 5.94. The third-order valence-corrected chi connectivity index (χ3v) is 4.58. The summed E-state index contributed by atoms with van der Waals surface area (Å²) in [5.41, 5.74) is 6.76. The minimum absolute atomic E-state index is 0.214. The van der Waals surface area contributed by atoms with Crippen LogP contribution in [0, 0.1) is 5.92 Å². The van der Waals surface area contributed by atoms with Crippen molar-refractivity contribution in [2.24, 2.45) is 11.7 Å². The molecule has 0 aliphatic rings. The zero-order chi connectivity index (χ0) is 24.3. The average molecular weight is 450 g/mol. The maximum absolute atomic E-state index is 12.8. The zero-order valence-corrected chi connectivity index (χ0v) is 18.0. The summed E-state index contributed by atoms with van der Waals surface area (Å²) >= 11 is 0. The summed E-state index contributed by atoms with van der Waals surface area (Å²) in [6.45, 7) is 2.67. The zero-order valence-electron chi connectivity index (χ0n) is 18.0. The summed E-state index contributed by atoms with van der Waals surface area (Å²) < 4.78 is 0. The van der Waals surface area contributed by atoms with Gasteiger partial charge >= 0.3 is 11.9 Å². The Hall–Kier alpha value is -3.47. The molecule has 0 bridgehead atoms. The number of carboxylic acid groups (broad SMARTS) is 2. The van der Waals surface area contributed by atoms with Gasteiger partial charge in [0.2, 0.25) is 17.7 Å². The van der Waals surface area contributed by atoms with Crippen LogP contribution >= 0.6 is 0 Å². The van der Waals surface area contributed by atoms with Crippen molar-refractivity contribution in [3.8, 4) is 0 Å². The van der Waals surface area contributed by atoms with Crippen molar-refractivity contribution in [3.05, 3.63) is 35.9 Å². The molecule has 0 aliphatic carbocycles. The molecule has 176 valence electrons. The Morgan fingerprint density at radius 1 is 0.906 bits per heavy atom. The van der Waals surface area contributed by atoms with Crippen LogP contribution in [-0.4, -0.2) is 64.5 Å². The molecule has 1 aromatic carbocycles. The van der Waals surface area contributed by atoms with Crippen LogP contribution in [0.2, 0.25) is 0 Å². The van der Waals surface area contributed by atoms with Crippen LogP contribution in [0.5, 0.6) is 0 Å². The summed E-state index contributed by atoms with van der Waals surface area (Å²) in [4.78, 5) is 59.2. The predicted molar refractivity (Wildman–Crippen MR) is 114 cm³/mol. The van der Waals surface area contributed by atoms with Crippen molar-refractivity contribution in [1.29, 1.82) is 0 Å². The molecule has 11 nitrogen and oxygen atoms in total. The molecule has 0 aliphatic heterocycles. The molecule has 7 N–H and O–H groups in total. The summed E-state index contributed by atoms with van der Waals surface area (Å²) in [7, 11) is 0. The highest BCUT2D eigenvalue weighted by Crippen LogP contribution is 2.07. The van der Waals surface area contributed by atoms with Gasteiger partial charge in [0.25, 0.3) is 0 Å². The number of aliphatic carboxylic acids is 2. The number of nitrogens with two attached hydrogens (primary N) is 1. The van der Waals surface area contributed by atoms with Gasteiger partial charge in [-0.15, -0.1) is 0 Å². The topological polar surface area (TPSA) is 188 Å². The first-order valence-electron chi connectivity index (χ1n) is 10.1. The monoisotopic (exact) mass is 450 g/mol. The number of rotatable bonds is 13. The second kappa shape index (κ2) is 13.1. The molecule has 0 saturated carbocycles. The van der Waals surface area contributed by atoms with E-state index in [1.807, 2.05) is 6.07 Å². The number of benzene rings is 1. The van der Waals surface area contributed by atoms with E-state index < -0.39 is 66.7 Å². The Bertz CT molecular complexity index is 814. The van der Waals surface area contributed by atoms with Crippen molar-refractivity contribution in [2.75, 3.05) is 6.54 Å². The molecule has 3 atom stereocenters. The Balaban J connectivity index is 2.86. The average Bonchev–Trinajstić information content (AvgIpc) is 2.73. The van der Waals surface area contributed by atoms with E-state index in [2.05, 4.69) is 16.0 Å². The Morgan fingerprint density at radius 2 is 1.53 bits per heavy atom. The molecule has 3 unspecified atom stereocenters. The molecule has 0 spiro atoms. The van der Waals surface area contributed by atoms with Crippen LogP contribution in [-0.2, 0) is 30.4 Å². The first kappa shape index (κ1) is 26.6. The summed E-state index contributed by atoms with van der Waals surface area (Å²) in [6.07, 6.45) is -0.400. The Kier molecular flexibility index (Phi) is 10.8. The second-order valence-electron chi connectivity index (χ2n) is 7.63. The van der Waals surface area contributed by atoms with Gasteiger partial charge in [-0.2, -0.15) is 0 Å². The van der Waals surface area contributed by atoms with Gasteiger partial charge in [0.1, 0.15) is 18.6 Å². The van der Waals surface area contributed by atoms with E-state index in [4.69, 9.17) is 15.9 Å². The summed E-state index contributed by atoms with van der Waals surface area (Å²) in [5, 5.41) is 24.8. The van der Waals surface area contributed by atoms with Gasteiger partial charge in [0.15, 0.2) is 0 Å². The third kappa shape index (κ3) is 9.56. The predicted octanol–water partition coefficient (Wildman–Crippen LogP) is -0.752. The lowest BCUT2D eigenvalue weighted by Gasteiger charge is -2.25. The minimum Gasteiger partial charge on any atom is -0.481 e. The molecule has 1 aromatic rings. The van der Waals surface area contributed by atoms with Gasteiger partial charge in [-0.05, 0) is 24.3 Å². The van der Waals surface area contributed by atoms with Gasteiger partial charge in [-0.3, -0.25) is 24.0 Å². The molecule has 32 heavy (non-hydrogen) atoms. The third-order valence-electron chi connectivity index (χ3n) is 4.58. The van der Waals surface area contributed by atoms with Gasteiger partial charge in [0, 0.05) is 6.42 Å². The number of nitrogens with one attached hydrogen (secondary N) is 3. The molecule has 1 rings (SSSR count). The van der Waals surface area contributed by atoms with Crippen LogP contribution in [0.1, 0.15) is 32.3 Å². The molecule has 0 saturated heterocycles. The number of carboxylic acids is 2. The second-order valence-corrected chi connectivity index (χ2v) is 7.63. The number of hydrogen-bond acceptors (Lipinski definition) is 6. The van der Waals surface area contributed by atoms with E-state index in [1.54, 1.807) is 38.1 Å². The largest absolute Gasteiger partial charge is 0.481 e. The molecular formula is C21H30N4O7. The molecule has 0 aromatic heterocycles. The van der Waals surface area contributed by atoms with E-state index in [0.717, 1.165) is 5.56 Å². The van der Waals surface area contributed by atoms with Crippen molar-refractivity contribution >= 4 is 29.7 Å². The van der Waals surface area contributed by atoms with Crippen LogP contribution in [0.3, 0.4) is 0 Å². The fourth-order valence-electron chi connectivity index (χ4n) is 2.84. The van der Waals surface area contributed by atoms with E-state index in [-0.39, 0.29) is 12.8 Å². The lowest BCUT2D eigenvalue weighted by molar-refractivity contribution is -0.139. The van der Waals surface area contributed by atoms with Crippen molar-refractivity contribution in [1.82, 2.24) is 16.0 Å². The fraction of sp³-hybridized carbons (Fsp3) is 0.476. The highest BCUT2D eigenvalue weighted by Gasteiger charge is 2.30. The molecule has 0 heterocycles. The van der Waals surface area contributed by atoms with E-state index >= 15 is 0 Å². The van der Waals surface area contributed by atoms with Crippen LogP contribution in [0.25, 0.3) is 0 Å². The maximum atomic E-state index is 12.8. The lowest BCUT2D eigenvalue weighted by Crippen LogP contribution is -2.57. The molecule has 0 fully saturated rings. The number of amides is 3. The standard InChI is InChI=1S/C21H30N4O7/c1-12(2)18(21(32)23-11-17(28)29)25-20(31)15(8-9-16(26)27)24-19(30)14(22)10-13-6-4-3-5-7-13/h3-7,12,14-15,18H,8-11,22H2,1-2H3,(H,23,32)(H,24,30)(H,25,31)(H,26,27)(H,28,29). The van der Waals surface area contributed by atoms with Crippen molar-refractivity contribution < 1.29 is 34.2 Å². The van der Waals surface area contributed by atoms with Crippen molar-refractivity contribution in [2.45, 2.75) is 51.2 Å². The molecule has 3 amide bonds. The number of hydrogen-bond donors (Lipinski definition) is 6. The first-order valence-corrected chi connectivity index (χ1v) is 10.1. The van der Waals surface area contributed by atoms with E-state index in [1.165, 1.54) is 0 Å². The fourth-order valence-corrected chi connectivity index (χ4v) is 2.84. The smallest absolute Gasteiger partial charge is 0.322 e. The Morgan fingerprint density at radius 3 is 2.06 bits per heavy atom. The van der Waals surface area contributed by atoms with Gasteiger partial charge in [-0.25, -0.2) is 0 Å². The van der Waals surface area contributed by atoms with E-state index in [0.29, 0.717) is 0 Å². The lowest BCUT2D eigenvalue weighted by atomic mass is 10.0. The summed E-state index contributed by atoms with van der Waals surface area (Å²) in [5.74, 6) is -4.92. The van der Waals surface area contributed by atoms with Crippen molar-refractivity contribution in [3.63, 3.8) is 0 Å². The van der Waals surface area contributed by atoms with E-state index in [9.17, 15) is 24.0 Å². The van der Waals surface area contributed by atoms with Gasteiger partial charge in [0.05, 0.1) is 6.04 Å². The minimum atomic E-state index is -1.24. The van der Waals surface area contributed by atoms with Gasteiger partial charge < -0.3 is 31.9 Å².